The highest BCUT2D eigenvalue weighted by atomic mass is 16.2. The SMILES string of the molecule is CC1=CC(NNC(=O)c2ccccc2Nc2ccccc2)=CC(C)(C)C1. The maximum atomic E-state index is 12.7. The molecule has 4 nitrogen and oxygen atoms in total. The third kappa shape index (κ3) is 4.54. The number of allylic oxidation sites excluding steroid dienone is 3. The van der Waals surface area contributed by atoms with Crippen LogP contribution in [0.5, 0.6) is 0 Å². The fourth-order valence-electron chi connectivity index (χ4n) is 3.28. The van der Waals surface area contributed by atoms with Crippen LogP contribution in [0.25, 0.3) is 0 Å². The first-order valence-corrected chi connectivity index (χ1v) is 8.80. The molecule has 0 spiro atoms. The lowest BCUT2D eigenvalue weighted by atomic mass is 9.81. The van der Waals surface area contributed by atoms with E-state index in [2.05, 4.69) is 49.1 Å². The average Bonchev–Trinajstić information content (AvgIpc) is 2.59. The number of para-hydroxylation sites is 2. The summed E-state index contributed by atoms with van der Waals surface area (Å²) >= 11 is 0. The number of carbonyl (C=O) groups excluding carboxylic acids is 1. The summed E-state index contributed by atoms with van der Waals surface area (Å²) in [6.45, 7) is 6.48. The second-order valence-electron chi connectivity index (χ2n) is 7.37. The highest BCUT2D eigenvalue weighted by molar-refractivity contribution is 6.00. The van der Waals surface area contributed by atoms with E-state index in [1.807, 2.05) is 54.6 Å². The van der Waals surface area contributed by atoms with Crippen LogP contribution in [0.15, 0.2) is 78.0 Å². The smallest absolute Gasteiger partial charge is 0.271 e. The molecule has 0 saturated carbocycles. The van der Waals surface area contributed by atoms with Gasteiger partial charge in [-0.05, 0) is 49.1 Å². The van der Waals surface area contributed by atoms with E-state index in [0.717, 1.165) is 23.5 Å². The van der Waals surface area contributed by atoms with E-state index in [1.165, 1.54) is 5.57 Å². The molecule has 2 aromatic carbocycles. The number of hydrazine groups is 1. The Morgan fingerprint density at radius 1 is 1.00 bits per heavy atom. The normalized spacial score (nSPS) is 15.5. The molecule has 1 aliphatic rings. The maximum Gasteiger partial charge on any atom is 0.271 e. The molecule has 0 saturated heterocycles. The predicted molar refractivity (Wildman–Crippen MR) is 107 cm³/mol. The van der Waals surface area contributed by atoms with Gasteiger partial charge in [0.05, 0.1) is 16.9 Å². The van der Waals surface area contributed by atoms with Crippen molar-refractivity contribution in [2.45, 2.75) is 27.2 Å². The van der Waals surface area contributed by atoms with Gasteiger partial charge in [0.15, 0.2) is 0 Å². The molecule has 0 radical (unpaired) electrons. The lowest BCUT2D eigenvalue weighted by Crippen LogP contribution is -2.37. The van der Waals surface area contributed by atoms with Gasteiger partial charge >= 0.3 is 0 Å². The summed E-state index contributed by atoms with van der Waals surface area (Å²) in [7, 11) is 0. The Kier molecular flexibility index (Phi) is 5.12. The molecule has 2 aromatic rings. The van der Waals surface area contributed by atoms with Gasteiger partial charge in [0.1, 0.15) is 0 Å². The minimum absolute atomic E-state index is 0.0820. The van der Waals surface area contributed by atoms with E-state index in [4.69, 9.17) is 0 Å². The van der Waals surface area contributed by atoms with Gasteiger partial charge < -0.3 is 5.32 Å². The molecule has 0 aliphatic heterocycles. The number of hydrogen-bond acceptors (Lipinski definition) is 3. The summed E-state index contributed by atoms with van der Waals surface area (Å²) in [4.78, 5) is 12.7. The number of anilines is 2. The van der Waals surface area contributed by atoms with Crippen molar-refractivity contribution >= 4 is 17.3 Å². The minimum atomic E-state index is -0.181. The van der Waals surface area contributed by atoms with Crippen molar-refractivity contribution in [1.29, 1.82) is 0 Å². The van der Waals surface area contributed by atoms with Crippen LogP contribution in [-0.2, 0) is 0 Å². The van der Waals surface area contributed by atoms with Crippen molar-refractivity contribution in [1.82, 2.24) is 10.9 Å². The average molecular weight is 347 g/mol. The molecule has 0 bridgehead atoms. The first kappa shape index (κ1) is 17.8. The van der Waals surface area contributed by atoms with Crippen molar-refractivity contribution < 1.29 is 4.79 Å². The van der Waals surface area contributed by atoms with Gasteiger partial charge in [-0.25, -0.2) is 0 Å². The van der Waals surface area contributed by atoms with E-state index < -0.39 is 0 Å². The van der Waals surface area contributed by atoms with Gasteiger partial charge in [0, 0.05) is 5.69 Å². The topological polar surface area (TPSA) is 53.2 Å². The molecular weight excluding hydrogens is 322 g/mol. The van der Waals surface area contributed by atoms with Crippen molar-refractivity contribution in [3.05, 3.63) is 83.6 Å². The zero-order chi connectivity index (χ0) is 18.6. The Bertz CT molecular complexity index is 851. The molecule has 3 N–H and O–H groups in total. The fraction of sp³-hybridized carbons (Fsp3) is 0.227. The number of carbonyl (C=O) groups is 1. The molecule has 26 heavy (non-hydrogen) atoms. The van der Waals surface area contributed by atoms with Gasteiger partial charge in [-0.2, -0.15) is 0 Å². The second kappa shape index (κ2) is 7.48. The zero-order valence-corrected chi connectivity index (χ0v) is 15.5. The summed E-state index contributed by atoms with van der Waals surface area (Å²) < 4.78 is 0. The number of rotatable bonds is 5. The van der Waals surface area contributed by atoms with Crippen molar-refractivity contribution in [3.8, 4) is 0 Å². The predicted octanol–water partition coefficient (Wildman–Crippen LogP) is 4.92. The van der Waals surface area contributed by atoms with Crippen LogP contribution in [-0.4, -0.2) is 5.91 Å². The summed E-state index contributed by atoms with van der Waals surface area (Å²) in [6, 6.07) is 17.3. The molecule has 134 valence electrons. The zero-order valence-electron chi connectivity index (χ0n) is 15.5. The lowest BCUT2D eigenvalue weighted by molar-refractivity contribution is 0.0940. The van der Waals surface area contributed by atoms with Crippen molar-refractivity contribution in [2.75, 3.05) is 5.32 Å². The number of nitrogens with one attached hydrogen (secondary N) is 3. The van der Waals surface area contributed by atoms with Crippen LogP contribution >= 0.6 is 0 Å². The minimum Gasteiger partial charge on any atom is -0.355 e. The molecule has 0 aromatic heterocycles. The van der Waals surface area contributed by atoms with Gasteiger partial charge in [0.2, 0.25) is 0 Å². The largest absolute Gasteiger partial charge is 0.355 e. The molecule has 0 fully saturated rings. The third-order valence-corrected chi connectivity index (χ3v) is 4.23. The number of hydrogen-bond donors (Lipinski definition) is 3. The van der Waals surface area contributed by atoms with E-state index in [0.29, 0.717) is 5.56 Å². The Morgan fingerprint density at radius 3 is 2.42 bits per heavy atom. The van der Waals surface area contributed by atoms with Gasteiger partial charge in [-0.15, -0.1) is 0 Å². The van der Waals surface area contributed by atoms with Crippen LogP contribution in [0.2, 0.25) is 0 Å². The quantitative estimate of drug-likeness (QED) is 0.673. The van der Waals surface area contributed by atoms with Crippen LogP contribution in [0.1, 0.15) is 37.6 Å². The first-order valence-electron chi connectivity index (χ1n) is 8.80. The van der Waals surface area contributed by atoms with E-state index in [9.17, 15) is 4.79 Å². The van der Waals surface area contributed by atoms with Crippen LogP contribution in [0.4, 0.5) is 11.4 Å². The van der Waals surface area contributed by atoms with Crippen molar-refractivity contribution in [3.63, 3.8) is 0 Å². The Hall–Kier alpha value is -3.01. The first-order chi connectivity index (χ1) is 12.4. The van der Waals surface area contributed by atoms with E-state index in [1.54, 1.807) is 0 Å². The molecule has 4 heteroatoms. The van der Waals surface area contributed by atoms with Crippen LogP contribution in [0, 0.1) is 5.41 Å². The lowest BCUT2D eigenvalue weighted by Gasteiger charge is -2.27. The highest BCUT2D eigenvalue weighted by Crippen LogP contribution is 2.32. The van der Waals surface area contributed by atoms with Crippen molar-refractivity contribution in [2.24, 2.45) is 5.41 Å². The van der Waals surface area contributed by atoms with Gasteiger partial charge in [-0.1, -0.05) is 55.8 Å². The summed E-state index contributed by atoms with van der Waals surface area (Å²) in [5, 5.41) is 3.30. The Balaban J connectivity index is 1.72. The monoisotopic (exact) mass is 347 g/mol. The molecular formula is C22H25N3O. The molecule has 0 heterocycles. The summed E-state index contributed by atoms with van der Waals surface area (Å²) in [5.74, 6) is -0.181. The maximum absolute atomic E-state index is 12.7. The fourth-order valence-corrected chi connectivity index (χ4v) is 3.28. The van der Waals surface area contributed by atoms with Crippen LogP contribution in [0.3, 0.4) is 0 Å². The summed E-state index contributed by atoms with van der Waals surface area (Å²) in [5.41, 5.74) is 10.4. The van der Waals surface area contributed by atoms with Crippen LogP contribution < -0.4 is 16.2 Å². The second-order valence-corrected chi connectivity index (χ2v) is 7.37. The number of amides is 1. The van der Waals surface area contributed by atoms with Gasteiger partial charge in [-0.3, -0.25) is 15.6 Å². The molecule has 1 aliphatic carbocycles. The molecule has 3 rings (SSSR count). The van der Waals surface area contributed by atoms with Gasteiger partial charge in [0.25, 0.3) is 5.91 Å². The van der Waals surface area contributed by atoms with E-state index in [-0.39, 0.29) is 11.3 Å². The Labute approximate surface area is 155 Å². The molecule has 1 amide bonds. The molecule has 0 unspecified atom stereocenters. The highest BCUT2D eigenvalue weighted by Gasteiger charge is 2.20. The summed E-state index contributed by atoms with van der Waals surface area (Å²) in [6.07, 6.45) is 5.24. The van der Waals surface area contributed by atoms with E-state index >= 15 is 0 Å². The number of benzene rings is 2. The molecule has 0 atom stereocenters. The standard InChI is InChI=1S/C22H25N3O/c1-16-13-18(15-22(2,3)14-16)24-25-21(26)19-11-7-8-12-20(19)23-17-9-5-4-6-10-17/h4-13,15,23-24H,14H2,1-3H3,(H,25,26). The Morgan fingerprint density at radius 2 is 1.69 bits per heavy atom. The third-order valence-electron chi connectivity index (χ3n) is 4.23.